The van der Waals surface area contributed by atoms with Gasteiger partial charge < -0.3 is 10.3 Å². The highest BCUT2D eigenvalue weighted by atomic mass is 79.9. The maximum Gasteiger partial charge on any atom is 0.160 e. The van der Waals surface area contributed by atoms with Gasteiger partial charge in [-0.25, -0.2) is 4.98 Å². The van der Waals surface area contributed by atoms with E-state index in [9.17, 15) is 0 Å². The Hall–Kier alpha value is -1.72. The predicted octanol–water partition coefficient (Wildman–Crippen LogP) is 3.65. The van der Waals surface area contributed by atoms with E-state index in [0.29, 0.717) is 12.6 Å². The molecule has 2 aromatic heterocycles. The maximum atomic E-state index is 5.73. The summed E-state index contributed by atoms with van der Waals surface area (Å²) in [5, 5.41) is 0. The van der Waals surface area contributed by atoms with Crippen molar-refractivity contribution in [2.75, 3.05) is 0 Å². The van der Waals surface area contributed by atoms with Gasteiger partial charge >= 0.3 is 0 Å². The summed E-state index contributed by atoms with van der Waals surface area (Å²) in [7, 11) is 0. The number of imidazole rings is 1. The lowest BCUT2D eigenvalue weighted by Crippen LogP contribution is -1.99. The molecule has 0 amide bonds. The summed E-state index contributed by atoms with van der Waals surface area (Å²) in [5.41, 5.74) is 9.94. The fourth-order valence-electron chi connectivity index (χ4n) is 2.66. The lowest BCUT2D eigenvalue weighted by atomic mass is 10.2. The Morgan fingerprint density at radius 1 is 1.24 bits per heavy atom. The van der Waals surface area contributed by atoms with Crippen molar-refractivity contribution in [3.05, 3.63) is 46.6 Å². The summed E-state index contributed by atoms with van der Waals surface area (Å²) < 4.78 is 3.30. The molecule has 0 atom stereocenters. The molecule has 1 aliphatic carbocycles. The van der Waals surface area contributed by atoms with Crippen LogP contribution in [0, 0.1) is 0 Å². The van der Waals surface area contributed by atoms with E-state index in [-0.39, 0.29) is 0 Å². The second-order valence-corrected chi connectivity index (χ2v) is 6.34. The van der Waals surface area contributed by atoms with Gasteiger partial charge in [0.1, 0.15) is 5.69 Å². The Bertz CT molecular complexity index is 803. The van der Waals surface area contributed by atoms with Crippen LogP contribution in [-0.2, 0) is 6.54 Å². The van der Waals surface area contributed by atoms with E-state index in [2.05, 4.69) is 43.7 Å². The quantitative estimate of drug-likeness (QED) is 0.790. The highest BCUT2D eigenvalue weighted by Gasteiger charge is 2.29. The second-order valence-electron chi connectivity index (χ2n) is 5.43. The number of nitrogens with zero attached hydrogens (tertiary/aromatic N) is 3. The van der Waals surface area contributed by atoms with Gasteiger partial charge in [-0.15, -0.1) is 0 Å². The zero-order valence-electron chi connectivity index (χ0n) is 11.5. The molecular weight excluding hydrogens is 328 g/mol. The Balaban J connectivity index is 1.94. The fraction of sp³-hybridized carbons (Fsp3) is 0.250. The monoisotopic (exact) mass is 342 g/mol. The Morgan fingerprint density at radius 3 is 2.76 bits per heavy atom. The molecule has 2 heterocycles. The molecule has 1 saturated carbocycles. The fourth-order valence-corrected chi connectivity index (χ4v) is 2.90. The molecule has 1 fully saturated rings. The van der Waals surface area contributed by atoms with Gasteiger partial charge in [-0.1, -0.05) is 6.07 Å². The van der Waals surface area contributed by atoms with Crippen molar-refractivity contribution in [2.45, 2.75) is 25.4 Å². The van der Waals surface area contributed by atoms with E-state index >= 15 is 0 Å². The van der Waals surface area contributed by atoms with Crippen LogP contribution in [0.3, 0.4) is 0 Å². The van der Waals surface area contributed by atoms with E-state index in [4.69, 9.17) is 10.7 Å². The Kier molecular flexibility index (Phi) is 3.05. The van der Waals surface area contributed by atoms with Gasteiger partial charge in [-0.05, 0) is 58.6 Å². The smallest absolute Gasteiger partial charge is 0.160 e. The highest BCUT2D eigenvalue weighted by molar-refractivity contribution is 9.10. The van der Waals surface area contributed by atoms with E-state index < -0.39 is 0 Å². The SMILES string of the molecule is NCc1ccc2c(c1)nc(-c1ccc(Br)cn1)n2C1CC1. The van der Waals surface area contributed by atoms with Gasteiger partial charge in [0.25, 0.3) is 0 Å². The number of hydrogen-bond acceptors (Lipinski definition) is 3. The van der Waals surface area contributed by atoms with Gasteiger partial charge in [0.15, 0.2) is 5.82 Å². The number of hydrogen-bond donors (Lipinski definition) is 1. The number of pyridine rings is 1. The predicted molar refractivity (Wildman–Crippen MR) is 86.8 cm³/mol. The number of aromatic nitrogens is 3. The average Bonchev–Trinajstić information content (AvgIpc) is 3.27. The summed E-state index contributed by atoms with van der Waals surface area (Å²) in [4.78, 5) is 9.31. The summed E-state index contributed by atoms with van der Waals surface area (Å²) in [6, 6.07) is 10.9. The first-order valence-corrected chi connectivity index (χ1v) is 7.88. The molecule has 4 rings (SSSR count). The number of nitrogens with two attached hydrogens (primary N) is 1. The Labute approximate surface area is 131 Å². The lowest BCUT2D eigenvalue weighted by molar-refractivity contribution is 0.772. The molecule has 21 heavy (non-hydrogen) atoms. The van der Waals surface area contributed by atoms with Crippen LogP contribution in [0.1, 0.15) is 24.4 Å². The number of halogens is 1. The van der Waals surface area contributed by atoms with Crippen molar-refractivity contribution in [3.8, 4) is 11.5 Å². The van der Waals surface area contributed by atoms with E-state index in [1.165, 1.54) is 18.4 Å². The van der Waals surface area contributed by atoms with Crippen molar-refractivity contribution in [3.63, 3.8) is 0 Å². The molecule has 0 unspecified atom stereocenters. The molecule has 1 aliphatic rings. The third-order valence-corrected chi connectivity index (χ3v) is 4.33. The Morgan fingerprint density at radius 2 is 2.10 bits per heavy atom. The zero-order chi connectivity index (χ0) is 14.4. The maximum absolute atomic E-state index is 5.73. The van der Waals surface area contributed by atoms with Crippen molar-refractivity contribution in [1.82, 2.24) is 14.5 Å². The van der Waals surface area contributed by atoms with Gasteiger partial charge in [-0.2, -0.15) is 0 Å². The van der Waals surface area contributed by atoms with Crippen LogP contribution < -0.4 is 5.73 Å². The minimum absolute atomic E-state index is 0.540. The van der Waals surface area contributed by atoms with Crippen LogP contribution in [0.2, 0.25) is 0 Å². The van der Waals surface area contributed by atoms with Crippen LogP contribution in [0.25, 0.3) is 22.6 Å². The molecule has 0 bridgehead atoms. The molecule has 3 aromatic rings. The molecule has 0 aliphatic heterocycles. The zero-order valence-corrected chi connectivity index (χ0v) is 13.0. The van der Waals surface area contributed by atoms with Gasteiger partial charge in [0, 0.05) is 23.3 Å². The largest absolute Gasteiger partial charge is 0.326 e. The third-order valence-electron chi connectivity index (χ3n) is 3.86. The number of fused-ring (bicyclic) bond motifs is 1. The van der Waals surface area contributed by atoms with Gasteiger partial charge in [0.05, 0.1) is 11.0 Å². The second kappa shape index (κ2) is 4.93. The first-order valence-electron chi connectivity index (χ1n) is 7.09. The van der Waals surface area contributed by atoms with Crippen LogP contribution in [0.4, 0.5) is 0 Å². The first kappa shape index (κ1) is 13.0. The van der Waals surface area contributed by atoms with Crippen LogP contribution in [0.5, 0.6) is 0 Å². The molecule has 5 heteroatoms. The van der Waals surface area contributed by atoms with Crippen LogP contribution in [0.15, 0.2) is 41.0 Å². The molecule has 1 aromatic carbocycles. The standard InChI is InChI=1S/C16H15BrN4/c17-11-2-5-13(19-9-11)16-20-14-7-10(8-18)1-6-15(14)21(16)12-3-4-12/h1-2,5-7,9,12H,3-4,8,18H2. The molecule has 0 spiro atoms. The minimum Gasteiger partial charge on any atom is -0.326 e. The molecule has 106 valence electrons. The minimum atomic E-state index is 0.540. The molecular formula is C16H15BrN4. The summed E-state index contributed by atoms with van der Waals surface area (Å²) >= 11 is 3.43. The van der Waals surface area contributed by atoms with Gasteiger partial charge in [0.2, 0.25) is 0 Å². The summed E-state index contributed by atoms with van der Waals surface area (Å²) in [6.07, 6.45) is 4.25. The van der Waals surface area contributed by atoms with Crippen LogP contribution >= 0.6 is 15.9 Å². The average molecular weight is 343 g/mol. The molecule has 4 nitrogen and oxygen atoms in total. The summed E-state index contributed by atoms with van der Waals surface area (Å²) in [5.74, 6) is 0.953. The van der Waals surface area contributed by atoms with Crippen molar-refractivity contribution in [2.24, 2.45) is 5.73 Å². The van der Waals surface area contributed by atoms with E-state index in [1.54, 1.807) is 0 Å². The van der Waals surface area contributed by atoms with E-state index in [0.717, 1.165) is 27.1 Å². The third kappa shape index (κ3) is 2.26. The number of rotatable bonds is 3. The molecule has 0 saturated heterocycles. The highest BCUT2D eigenvalue weighted by Crippen LogP contribution is 2.41. The van der Waals surface area contributed by atoms with Gasteiger partial charge in [-0.3, -0.25) is 4.98 Å². The number of benzene rings is 1. The van der Waals surface area contributed by atoms with Crippen molar-refractivity contribution < 1.29 is 0 Å². The first-order chi connectivity index (χ1) is 10.3. The van der Waals surface area contributed by atoms with E-state index in [1.807, 2.05) is 18.3 Å². The molecule has 0 radical (unpaired) electrons. The van der Waals surface area contributed by atoms with Crippen LogP contribution in [-0.4, -0.2) is 14.5 Å². The topological polar surface area (TPSA) is 56.7 Å². The van der Waals surface area contributed by atoms with Crippen molar-refractivity contribution in [1.29, 1.82) is 0 Å². The normalized spacial score (nSPS) is 14.8. The molecule has 2 N–H and O–H groups in total. The lowest BCUT2D eigenvalue weighted by Gasteiger charge is -2.07. The van der Waals surface area contributed by atoms with Crippen molar-refractivity contribution >= 4 is 27.0 Å². The summed E-state index contributed by atoms with van der Waals surface area (Å²) in [6.45, 7) is 0.540.